The maximum absolute atomic E-state index is 13.7. The summed E-state index contributed by atoms with van der Waals surface area (Å²) in [6, 6.07) is -0.352. The number of fused-ring (bicyclic) bond motifs is 1. The van der Waals surface area contributed by atoms with Crippen LogP contribution >= 0.6 is 0 Å². The van der Waals surface area contributed by atoms with Crippen LogP contribution in [0.2, 0.25) is 0 Å². The molecule has 1 aliphatic carbocycles. The van der Waals surface area contributed by atoms with Crippen LogP contribution in [0, 0.1) is 17.8 Å². The Balaban J connectivity index is 1.59. The summed E-state index contributed by atoms with van der Waals surface area (Å²) in [7, 11) is 0. The number of alkyl halides is 3. The molecule has 0 aromatic carbocycles. The zero-order valence-electron chi connectivity index (χ0n) is 16.9. The number of piperidine rings is 1. The van der Waals surface area contributed by atoms with Gasteiger partial charge in [0.1, 0.15) is 5.82 Å². The zero-order chi connectivity index (χ0) is 21.8. The van der Waals surface area contributed by atoms with Crippen LogP contribution in [0.4, 0.5) is 24.9 Å². The Morgan fingerprint density at radius 3 is 2.47 bits per heavy atom. The van der Waals surface area contributed by atoms with Crippen LogP contribution in [0.3, 0.4) is 0 Å². The number of halogens is 3. The zero-order valence-corrected chi connectivity index (χ0v) is 16.9. The molecule has 1 N–H and O–H groups in total. The van der Waals surface area contributed by atoms with E-state index in [1.807, 2.05) is 4.90 Å². The van der Waals surface area contributed by atoms with Crippen molar-refractivity contribution < 1.29 is 27.8 Å². The van der Waals surface area contributed by atoms with Crippen LogP contribution < -0.4 is 9.80 Å². The van der Waals surface area contributed by atoms with Crippen molar-refractivity contribution in [2.45, 2.75) is 38.6 Å². The number of carbonyl (C=O) groups excluding carboxylic acids is 1. The molecular weight excluding hydrogens is 401 g/mol. The number of carbonyl (C=O) groups is 1. The molecule has 1 aromatic heterocycles. The van der Waals surface area contributed by atoms with Crippen molar-refractivity contribution in [2.75, 3.05) is 36.0 Å². The average Bonchev–Trinajstić information content (AvgIpc) is 3.12. The Morgan fingerprint density at radius 1 is 1.30 bits per heavy atom. The third kappa shape index (κ3) is 3.51. The highest BCUT2D eigenvalue weighted by Gasteiger charge is 2.57. The number of aliphatic hydroxyl groups is 1. The Bertz CT molecular complexity index is 850. The first-order valence-corrected chi connectivity index (χ1v) is 10.1. The van der Waals surface area contributed by atoms with Crippen molar-refractivity contribution in [3.8, 4) is 0 Å². The van der Waals surface area contributed by atoms with Crippen molar-refractivity contribution in [3.05, 3.63) is 17.8 Å². The normalized spacial score (nSPS) is 30.0. The smallest absolute Gasteiger partial charge is 0.434 e. The predicted octanol–water partition coefficient (Wildman–Crippen LogP) is 2.34. The highest BCUT2D eigenvalue weighted by Crippen LogP contribution is 2.55. The monoisotopic (exact) mass is 426 g/mol. The minimum Gasteiger partial charge on any atom is -0.466 e. The molecule has 2 saturated heterocycles. The van der Waals surface area contributed by atoms with E-state index >= 15 is 0 Å². The van der Waals surface area contributed by atoms with Crippen molar-refractivity contribution in [2.24, 2.45) is 17.8 Å². The predicted molar refractivity (Wildman–Crippen MR) is 104 cm³/mol. The van der Waals surface area contributed by atoms with Crippen LogP contribution in [0.25, 0.3) is 6.08 Å². The van der Waals surface area contributed by atoms with Gasteiger partial charge < -0.3 is 19.6 Å². The van der Waals surface area contributed by atoms with E-state index in [1.165, 1.54) is 0 Å². The average molecular weight is 426 g/mol. The molecule has 1 saturated carbocycles. The number of ether oxygens (including phenoxy) is 1. The number of aliphatic hydroxyl groups excluding tert-OH is 1. The number of rotatable bonds is 6. The summed E-state index contributed by atoms with van der Waals surface area (Å²) in [6.07, 6.45) is -3.78. The van der Waals surface area contributed by atoms with E-state index in [0.29, 0.717) is 26.1 Å². The lowest BCUT2D eigenvalue weighted by atomic mass is 10.0. The number of hydrogen-bond donors (Lipinski definition) is 1. The van der Waals surface area contributed by atoms with Crippen LogP contribution in [0.1, 0.15) is 31.5 Å². The van der Waals surface area contributed by atoms with E-state index in [9.17, 15) is 23.1 Å². The van der Waals surface area contributed by atoms with Gasteiger partial charge in [-0.25, -0.2) is 4.98 Å². The second-order valence-corrected chi connectivity index (χ2v) is 8.18. The van der Waals surface area contributed by atoms with E-state index < -0.39 is 18.0 Å². The van der Waals surface area contributed by atoms with Crippen LogP contribution in [-0.2, 0) is 15.7 Å². The Hall–Kier alpha value is -2.36. The summed E-state index contributed by atoms with van der Waals surface area (Å²) in [4.78, 5) is 23.3. The van der Waals surface area contributed by atoms with Gasteiger partial charge in [0.15, 0.2) is 5.69 Å². The molecule has 164 valence electrons. The second-order valence-electron chi connectivity index (χ2n) is 8.18. The largest absolute Gasteiger partial charge is 0.466 e. The first-order chi connectivity index (χ1) is 14.2. The van der Waals surface area contributed by atoms with Crippen LogP contribution in [0.15, 0.2) is 6.58 Å². The lowest BCUT2D eigenvalue weighted by Gasteiger charge is -2.43. The van der Waals surface area contributed by atoms with E-state index in [2.05, 4.69) is 16.5 Å². The fraction of sp³-hybridized carbons (Fsp3) is 0.650. The van der Waals surface area contributed by atoms with Gasteiger partial charge in [0, 0.05) is 31.6 Å². The lowest BCUT2D eigenvalue weighted by Crippen LogP contribution is -2.59. The number of nitrogens with zero attached hydrogens (tertiary/aromatic N) is 4. The molecule has 0 spiro atoms. The molecule has 0 bridgehead atoms. The summed E-state index contributed by atoms with van der Waals surface area (Å²) in [6.45, 7) is 8.62. The molecule has 3 fully saturated rings. The molecule has 7 nitrogen and oxygen atoms in total. The summed E-state index contributed by atoms with van der Waals surface area (Å²) in [5, 5.41) is 9.75. The molecule has 0 amide bonds. The molecule has 0 radical (unpaired) electrons. The van der Waals surface area contributed by atoms with Crippen molar-refractivity contribution in [3.63, 3.8) is 0 Å². The SMILES string of the molecule is C=Cc1c(N2C[C@@H]3C(CC(=O)OCC)[C@@H]3C2)nc(N2C[C@@H](O)[C@@H]2C)nc1C(F)(F)F. The van der Waals surface area contributed by atoms with Gasteiger partial charge in [-0.3, -0.25) is 4.79 Å². The summed E-state index contributed by atoms with van der Waals surface area (Å²) < 4.78 is 46.2. The van der Waals surface area contributed by atoms with Crippen LogP contribution in [0.5, 0.6) is 0 Å². The number of esters is 1. The number of hydrogen-bond acceptors (Lipinski definition) is 7. The third-order valence-corrected chi connectivity index (χ3v) is 6.45. The van der Waals surface area contributed by atoms with E-state index in [4.69, 9.17) is 4.74 Å². The van der Waals surface area contributed by atoms with Crippen molar-refractivity contribution in [1.82, 2.24) is 9.97 Å². The summed E-state index contributed by atoms with van der Waals surface area (Å²) in [5.74, 6) is 0.627. The highest BCUT2D eigenvalue weighted by atomic mass is 19.4. The van der Waals surface area contributed by atoms with E-state index in [0.717, 1.165) is 6.08 Å². The fourth-order valence-corrected chi connectivity index (χ4v) is 4.61. The van der Waals surface area contributed by atoms with Gasteiger partial charge in [0.05, 0.1) is 18.8 Å². The molecule has 2 aliphatic heterocycles. The fourth-order valence-electron chi connectivity index (χ4n) is 4.61. The lowest BCUT2D eigenvalue weighted by molar-refractivity contribution is -0.144. The molecule has 3 heterocycles. The first kappa shape index (κ1) is 20.9. The Kier molecular flexibility index (Phi) is 5.16. The van der Waals surface area contributed by atoms with Crippen molar-refractivity contribution in [1.29, 1.82) is 0 Å². The van der Waals surface area contributed by atoms with Gasteiger partial charge in [-0.05, 0) is 31.6 Å². The van der Waals surface area contributed by atoms with Gasteiger partial charge in [-0.1, -0.05) is 12.7 Å². The quantitative estimate of drug-likeness (QED) is 0.700. The van der Waals surface area contributed by atoms with Gasteiger partial charge in [0.25, 0.3) is 0 Å². The molecule has 5 atom stereocenters. The number of β-amino-alcohol motifs (C(OH)–C–C–N with tert-alkyl or cyclic N) is 1. The molecule has 10 heteroatoms. The number of aromatic nitrogens is 2. The molecule has 3 aliphatic rings. The van der Waals surface area contributed by atoms with Gasteiger partial charge in [-0.2, -0.15) is 18.2 Å². The van der Waals surface area contributed by atoms with E-state index in [-0.39, 0.29) is 53.6 Å². The van der Waals surface area contributed by atoms with Gasteiger partial charge >= 0.3 is 12.1 Å². The maximum Gasteiger partial charge on any atom is 0.434 e. The second kappa shape index (κ2) is 7.40. The van der Waals surface area contributed by atoms with Crippen molar-refractivity contribution >= 4 is 23.8 Å². The Labute approximate surface area is 172 Å². The topological polar surface area (TPSA) is 78.8 Å². The molecular formula is C20H25F3N4O3. The third-order valence-electron chi connectivity index (χ3n) is 6.45. The van der Waals surface area contributed by atoms with Crippen LogP contribution in [-0.4, -0.2) is 59.4 Å². The Morgan fingerprint density at radius 2 is 1.97 bits per heavy atom. The summed E-state index contributed by atoms with van der Waals surface area (Å²) in [5.41, 5.74) is -1.15. The van der Waals surface area contributed by atoms with E-state index in [1.54, 1.807) is 18.7 Å². The molecule has 1 unspecified atom stereocenters. The highest BCUT2D eigenvalue weighted by molar-refractivity contribution is 5.71. The molecule has 4 rings (SSSR count). The minimum absolute atomic E-state index is 0.0376. The minimum atomic E-state index is -4.65. The molecule has 30 heavy (non-hydrogen) atoms. The number of anilines is 2. The van der Waals surface area contributed by atoms with Gasteiger partial charge in [0.2, 0.25) is 5.95 Å². The molecule has 1 aromatic rings. The first-order valence-electron chi connectivity index (χ1n) is 10.1. The standard InChI is InChI=1S/C20H25F3N4O3/c1-4-11-17(20(21,22)23)24-19(27-9-15(28)10(27)3)25-18(11)26-7-13-12(14(13)8-26)6-16(29)30-5-2/h4,10,12-15,28H,1,5-9H2,2-3H3/t10-,12?,13-,14+,15+/m0/s1. The maximum atomic E-state index is 13.7. The van der Waals surface area contributed by atoms with Gasteiger partial charge in [-0.15, -0.1) is 0 Å². The summed E-state index contributed by atoms with van der Waals surface area (Å²) >= 11 is 0.